The summed E-state index contributed by atoms with van der Waals surface area (Å²) in [7, 11) is 1.59. The summed E-state index contributed by atoms with van der Waals surface area (Å²) in [6.45, 7) is 15.3. The van der Waals surface area contributed by atoms with Crippen LogP contribution >= 0.6 is 0 Å². The Morgan fingerprint density at radius 3 is 1.66 bits per heavy atom. The monoisotopic (exact) mass is 955 g/mol. The van der Waals surface area contributed by atoms with E-state index in [1.165, 1.54) is 6.92 Å². The molecule has 2 atom stereocenters. The summed E-state index contributed by atoms with van der Waals surface area (Å²) >= 11 is 0. The molecule has 2 unspecified atom stereocenters. The second-order valence-corrected chi connectivity index (χ2v) is 13.8. The van der Waals surface area contributed by atoms with Crippen LogP contribution in [0.4, 0.5) is 0 Å². The topological polar surface area (TPSA) is 216 Å². The quantitative estimate of drug-likeness (QED) is 0.145. The van der Waals surface area contributed by atoms with Gasteiger partial charge in [0.05, 0.1) is 85.7 Å². The van der Waals surface area contributed by atoms with Crippen LogP contribution in [-0.4, -0.2) is 107 Å². The number of carboxylic acid groups (broad SMARTS) is 2. The van der Waals surface area contributed by atoms with E-state index in [0.29, 0.717) is 48.8 Å². The van der Waals surface area contributed by atoms with Gasteiger partial charge in [-0.2, -0.15) is 0 Å². The molecule has 6 bridgehead atoms. The first-order valence-corrected chi connectivity index (χ1v) is 18.7. The van der Waals surface area contributed by atoms with E-state index in [-0.39, 0.29) is 64.7 Å². The predicted octanol–water partition coefficient (Wildman–Crippen LogP) is 5.36. The number of carbonyl (C=O) groups is 3. The molecule has 0 fully saturated rings. The van der Waals surface area contributed by atoms with E-state index in [1.807, 2.05) is 53.7 Å². The standard InChI is InChI=1S/C42H50N6O10.Gd/c1-22-23(2)30-16-32-25(4)27(6)37(47-32)21-44-34-18-39(58-28(7)41(51)48-35(42(52)53)19-40(49)50)38(57-14-13-56-12-11-55-10-9-54-8)17-33(34)43-20-36-26(5)24(3)31(46-36)15-29(22)45-30;/h15-18,20-21,28,35H,9-14,19H2,1-8H3,(H4,43,44,45,46,47,48,49,50,51,52,53);/p-1. The Morgan fingerprint density at radius 1 is 0.695 bits per heavy atom. The van der Waals surface area contributed by atoms with Crippen LogP contribution in [0.15, 0.2) is 36.7 Å². The minimum absolute atomic E-state index is 0. The van der Waals surface area contributed by atoms with Crippen molar-refractivity contribution in [3.8, 4) is 11.5 Å². The SMILES string of the molecule is COCCOCCOCCOc1cc2ncc3nc(cc4[n-]c(cc5nc(cnc2cc1OC(C)C(=O)NC(CC(=O)O)C(=O)O)C(C)=C5C)c(C)c4C)C(C)=C3C.[Gd]. The Morgan fingerprint density at radius 2 is 1.17 bits per heavy atom. The molecule has 1 aromatic carbocycles. The number of nitrogens with zero attached hydrogens (tertiary/aromatic N) is 5. The summed E-state index contributed by atoms with van der Waals surface area (Å²) in [6, 6.07) is 5.46. The average Bonchev–Trinajstić information content (AvgIpc) is 3.72. The molecule has 5 rings (SSSR count). The van der Waals surface area contributed by atoms with Gasteiger partial charge in [0, 0.05) is 59.2 Å². The number of nitrogens with one attached hydrogen (secondary N) is 1. The number of benzene rings is 1. The molecule has 4 heterocycles. The number of fused-ring (bicyclic) bond motifs is 7. The first-order chi connectivity index (χ1) is 27.7. The number of hydrogen-bond donors (Lipinski definition) is 3. The molecule has 59 heavy (non-hydrogen) atoms. The molecule has 3 N–H and O–H groups in total. The molecule has 0 aliphatic carbocycles. The normalized spacial score (nSPS) is 13.4. The summed E-state index contributed by atoms with van der Waals surface area (Å²) < 4.78 is 28.3. The number of allylic oxidation sites excluding steroid dienone is 4. The fourth-order valence-electron chi connectivity index (χ4n) is 5.91. The van der Waals surface area contributed by atoms with Crippen molar-refractivity contribution in [2.45, 2.75) is 67.0 Å². The Kier molecular flexibility index (Phi) is 17.2. The fourth-order valence-corrected chi connectivity index (χ4v) is 5.91. The third-order valence-corrected chi connectivity index (χ3v) is 9.91. The number of ether oxygens (including phenoxy) is 5. The third kappa shape index (κ3) is 12.0. The van der Waals surface area contributed by atoms with Gasteiger partial charge in [-0.3, -0.25) is 19.6 Å². The molecule has 0 saturated heterocycles. The Hall–Kier alpha value is -4.65. The molecule has 3 aromatic rings. The van der Waals surface area contributed by atoms with Gasteiger partial charge >= 0.3 is 11.9 Å². The van der Waals surface area contributed by atoms with E-state index >= 15 is 0 Å². The zero-order chi connectivity index (χ0) is 42.1. The third-order valence-electron chi connectivity index (χ3n) is 9.91. The van der Waals surface area contributed by atoms with E-state index < -0.39 is 36.4 Å². The summed E-state index contributed by atoms with van der Waals surface area (Å²) in [5.41, 5.74) is 11.1. The molecule has 1 amide bonds. The van der Waals surface area contributed by atoms with Gasteiger partial charge in [0.1, 0.15) is 12.6 Å². The number of methoxy groups -OCH3 is 1. The number of carboxylic acids is 2. The molecule has 16 nitrogen and oxygen atoms in total. The Balaban J connectivity index is 0.00000769. The molecular formula is C42H49GdN6O10-. The van der Waals surface area contributed by atoms with Crippen molar-refractivity contribution in [3.05, 3.63) is 70.6 Å². The number of rotatable bonds is 17. The maximum atomic E-state index is 13.1. The van der Waals surface area contributed by atoms with Gasteiger partial charge < -0.3 is 44.2 Å². The van der Waals surface area contributed by atoms with E-state index in [1.54, 1.807) is 31.6 Å². The number of aryl methyl sites for hydroxylation is 2. The van der Waals surface area contributed by atoms with Crippen molar-refractivity contribution in [2.24, 2.45) is 0 Å². The molecule has 0 radical (unpaired) electrons. The van der Waals surface area contributed by atoms with Gasteiger partial charge in [0.25, 0.3) is 5.91 Å². The molecule has 2 aliphatic rings. The molecule has 0 spiro atoms. The molecule has 316 valence electrons. The molecule has 2 aliphatic heterocycles. The van der Waals surface area contributed by atoms with Crippen LogP contribution in [0.3, 0.4) is 0 Å². The largest absolute Gasteiger partial charge is 0.657 e. The van der Waals surface area contributed by atoms with Crippen molar-refractivity contribution >= 4 is 62.2 Å². The van der Waals surface area contributed by atoms with Crippen LogP contribution in [0.1, 0.15) is 74.9 Å². The summed E-state index contributed by atoms with van der Waals surface area (Å²) in [5, 5.41) is 20.9. The van der Waals surface area contributed by atoms with Crippen LogP contribution in [-0.2, 0) is 28.6 Å². The number of hydrogen-bond acceptors (Lipinski definition) is 12. The van der Waals surface area contributed by atoms with Crippen molar-refractivity contribution in [1.82, 2.24) is 30.2 Å². The predicted molar refractivity (Wildman–Crippen MR) is 217 cm³/mol. The second-order valence-electron chi connectivity index (χ2n) is 13.8. The number of carbonyl (C=O) groups excluding carboxylic acids is 1. The number of aliphatic carboxylic acids is 2. The van der Waals surface area contributed by atoms with E-state index in [9.17, 15) is 19.5 Å². The van der Waals surface area contributed by atoms with E-state index in [4.69, 9.17) is 53.7 Å². The van der Waals surface area contributed by atoms with Crippen LogP contribution in [0.5, 0.6) is 11.5 Å². The minimum atomic E-state index is -1.67. The van der Waals surface area contributed by atoms with Crippen LogP contribution < -0.4 is 19.8 Å². The Labute approximate surface area is 374 Å². The minimum Gasteiger partial charge on any atom is -0.657 e. The number of amides is 1. The maximum absolute atomic E-state index is 13.1. The van der Waals surface area contributed by atoms with E-state index in [2.05, 4.69) is 5.32 Å². The van der Waals surface area contributed by atoms with Crippen LogP contribution in [0.25, 0.3) is 44.4 Å². The summed E-state index contributed by atoms with van der Waals surface area (Å²) in [6.07, 6.45) is 1.17. The first-order valence-electron chi connectivity index (χ1n) is 18.7. The number of aromatic nitrogens is 5. The van der Waals surface area contributed by atoms with Crippen molar-refractivity contribution in [1.29, 1.82) is 0 Å². The van der Waals surface area contributed by atoms with Gasteiger partial charge in [-0.15, -0.1) is 11.0 Å². The zero-order valence-electron chi connectivity index (χ0n) is 34.3. The molecule has 2 aromatic heterocycles. The van der Waals surface area contributed by atoms with Crippen molar-refractivity contribution in [2.75, 3.05) is 46.8 Å². The van der Waals surface area contributed by atoms with Gasteiger partial charge in [-0.05, 0) is 70.8 Å². The summed E-state index contributed by atoms with van der Waals surface area (Å²) in [5.74, 6) is -3.47. The zero-order valence-corrected chi connectivity index (χ0v) is 36.6. The fraction of sp³-hybridized carbons (Fsp3) is 0.405. The average molecular weight is 955 g/mol. The maximum Gasteiger partial charge on any atom is 0.326 e. The smallest absolute Gasteiger partial charge is 0.326 e. The molecular weight excluding hydrogens is 906 g/mol. The van der Waals surface area contributed by atoms with Gasteiger partial charge in [0.2, 0.25) is 0 Å². The first kappa shape index (κ1) is 47.0. The van der Waals surface area contributed by atoms with E-state index in [0.717, 1.165) is 55.8 Å². The van der Waals surface area contributed by atoms with Crippen LogP contribution in [0, 0.1) is 53.8 Å². The summed E-state index contributed by atoms with van der Waals surface area (Å²) in [4.78, 5) is 60.5. The van der Waals surface area contributed by atoms with Crippen LogP contribution in [0.2, 0.25) is 0 Å². The van der Waals surface area contributed by atoms with Gasteiger partial charge in [-0.1, -0.05) is 23.3 Å². The second kappa shape index (κ2) is 21.6. The van der Waals surface area contributed by atoms with Gasteiger partial charge in [0.15, 0.2) is 17.6 Å². The molecule has 0 saturated carbocycles. The van der Waals surface area contributed by atoms with Crippen molar-refractivity contribution < 1.29 is 88.2 Å². The van der Waals surface area contributed by atoms with Crippen molar-refractivity contribution in [3.63, 3.8) is 0 Å². The van der Waals surface area contributed by atoms with Gasteiger partial charge in [-0.25, -0.2) is 14.8 Å². The Bertz CT molecular complexity index is 2340. The molecule has 17 heteroatoms.